The molecule has 0 aliphatic carbocycles. The SMILES string of the molecule is O=C1CC[C@@H](N2C(=O)c3cccc4c(Cc5ccc(CN6CCN(c7ccc(F)cc7F)CC6)cc5)ccc2c34)C(=O)N1. The van der Waals surface area contributed by atoms with Crippen molar-refractivity contribution in [2.45, 2.75) is 31.8 Å². The Morgan fingerprint density at radius 1 is 0.814 bits per heavy atom. The number of hydrogen-bond donors (Lipinski definition) is 1. The lowest BCUT2D eigenvalue weighted by Crippen LogP contribution is -2.53. The van der Waals surface area contributed by atoms with Crippen LogP contribution in [0.1, 0.15) is 39.9 Å². The first-order valence-corrected chi connectivity index (χ1v) is 14.6. The van der Waals surface area contributed by atoms with Gasteiger partial charge in [0.15, 0.2) is 0 Å². The highest BCUT2D eigenvalue weighted by atomic mass is 19.1. The third-order valence-electron chi connectivity index (χ3n) is 8.79. The Bertz CT molecular complexity index is 1770. The van der Waals surface area contributed by atoms with Crippen molar-refractivity contribution in [1.82, 2.24) is 10.2 Å². The molecule has 0 radical (unpaired) electrons. The lowest BCUT2D eigenvalue weighted by molar-refractivity contribution is -0.134. The molecule has 3 aliphatic rings. The highest BCUT2D eigenvalue weighted by Crippen LogP contribution is 2.41. The van der Waals surface area contributed by atoms with Gasteiger partial charge in [0.1, 0.15) is 17.7 Å². The number of piperazine rings is 1. The summed E-state index contributed by atoms with van der Waals surface area (Å²) in [4.78, 5) is 43.6. The summed E-state index contributed by atoms with van der Waals surface area (Å²) in [6, 6.07) is 21.2. The Labute approximate surface area is 247 Å². The van der Waals surface area contributed by atoms with E-state index in [0.717, 1.165) is 47.6 Å². The molecule has 2 fully saturated rings. The van der Waals surface area contributed by atoms with Crippen molar-refractivity contribution in [2.75, 3.05) is 36.0 Å². The summed E-state index contributed by atoms with van der Waals surface area (Å²) >= 11 is 0. The number of nitrogens with zero attached hydrogens (tertiary/aromatic N) is 3. The highest BCUT2D eigenvalue weighted by Gasteiger charge is 2.40. The number of carbonyl (C=O) groups is 3. The lowest BCUT2D eigenvalue weighted by Gasteiger charge is -2.36. The molecule has 0 spiro atoms. The van der Waals surface area contributed by atoms with Crippen LogP contribution in [0.15, 0.2) is 72.8 Å². The highest BCUT2D eigenvalue weighted by molar-refractivity contribution is 6.27. The zero-order valence-corrected chi connectivity index (χ0v) is 23.5. The minimum Gasteiger partial charge on any atom is -0.367 e. The van der Waals surface area contributed by atoms with Gasteiger partial charge in [-0.05, 0) is 59.2 Å². The van der Waals surface area contributed by atoms with Gasteiger partial charge in [-0.15, -0.1) is 0 Å². The fourth-order valence-electron chi connectivity index (χ4n) is 6.58. The molecule has 0 aromatic heterocycles. The molecule has 3 heterocycles. The van der Waals surface area contributed by atoms with E-state index in [-0.39, 0.29) is 18.2 Å². The average Bonchev–Trinajstić information content (AvgIpc) is 3.28. The van der Waals surface area contributed by atoms with E-state index in [2.05, 4.69) is 34.5 Å². The minimum absolute atomic E-state index is 0.208. The van der Waals surface area contributed by atoms with Gasteiger partial charge in [-0.1, -0.05) is 42.5 Å². The first-order valence-electron chi connectivity index (χ1n) is 14.6. The third kappa shape index (κ3) is 5.03. The van der Waals surface area contributed by atoms with Crippen LogP contribution < -0.4 is 15.1 Å². The molecular formula is C34H30F2N4O3. The van der Waals surface area contributed by atoms with Crippen LogP contribution in [0.25, 0.3) is 10.8 Å². The smallest absolute Gasteiger partial charge is 0.259 e. The first-order chi connectivity index (χ1) is 20.9. The minimum atomic E-state index is -0.703. The van der Waals surface area contributed by atoms with Crippen LogP contribution in [-0.4, -0.2) is 54.8 Å². The molecule has 1 N–H and O–H groups in total. The number of carbonyl (C=O) groups excluding carboxylic acids is 3. The molecule has 1 atom stereocenters. The number of anilines is 2. The Morgan fingerprint density at radius 3 is 2.30 bits per heavy atom. The zero-order valence-electron chi connectivity index (χ0n) is 23.5. The molecule has 4 aromatic carbocycles. The summed E-state index contributed by atoms with van der Waals surface area (Å²) in [5, 5.41) is 4.21. The molecule has 0 unspecified atom stereocenters. The van der Waals surface area contributed by atoms with E-state index in [0.29, 0.717) is 42.9 Å². The quantitative estimate of drug-likeness (QED) is 0.332. The summed E-state index contributed by atoms with van der Waals surface area (Å²) in [6.45, 7) is 3.71. The van der Waals surface area contributed by atoms with E-state index in [1.807, 2.05) is 29.2 Å². The summed E-state index contributed by atoms with van der Waals surface area (Å²) in [5.74, 6) is -2.04. The van der Waals surface area contributed by atoms with Crippen molar-refractivity contribution in [2.24, 2.45) is 0 Å². The second-order valence-corrected chi connectivity index (χ2v) is 11.5. The molecule has 3 aliphatic heterocycles. The molecule has 2 saturated heterocycles. The maximum Gasteiger partial charge on any atom is 0.259 e. The molecule has 3 amide bonds. The van der Waals surface area contributed by atoms with Crippen LogP contribution in [-0.2, 0) is 22.6 Å². The topological polar surface area (TPSA) is 73.0 Å². The standard InChI is InChI=1S/C34H30F2N4O3/c35-24-9-11-28(27(36)19-24)39-16-14-38(15-17-39)20-22-6-4-21(5-7-22)18-23-8-10-29-32-25(23)2-1-3-26(32)34(43)40(29)30-12-13-31(41)37-33(30)42/h1-11,19,30H,12-18,20H2,(H,37,41,42)/t30-/m1/s1. The number of piperidine rings is 1. The molecule has 0 bridgehead atoms. The lowest BCUT2D eigenvalue weighted by atomic mass is 9.95. The molecule has 4 aromatic rings. The molecule has 0 saturated carbocycles. The second-order valence-electron chi connectivity index (χ2n) is 11.5. The number of nitrogens with one attached hydrogen (secondary N) is 1. The largest absolute Gasteiger partial charge is 0.367 e. The maximum atomic E-state index is 14.2. The third-order valence-corrected chi connectivity index (χ3v) is 8.79. The van der Waals surface area contributed by atoms with Gasteiger partial charge >= 0.3 is 0 Å². The van der Waals surface area contributed by atoms with Gasteiger partial charge in [0.05, 0.1) is 11.4 Å². The Balaban J connectivity index is 1.04. The summed E-state index contributed by atoms with van der Waals surface area (Å²) in [7, 11) is 0. The van der Waals surface area contributed by atoms with Crippen LogP contribution in [0, 0.1) is 11.6 Å². The van der Waals surface area contributed by atoms with E-state index >= 15 is 0 Å². The summed E-state index contributed by atoms with van der Waals surface area (Å²) < 4.78 is 27.5. The van der Waals surface area contributed by atoms with Crippen LogP contribution in [0.3, 0.4) is 0 Å². The molecule has 9 heteroatoms. The number of halogens is 2. The monoisotopic (exact) mass is 580 g/mol. The maximum absolute atomic E-state index is 14.2. The Kier molecular flexibility index (Phi) is 6.89. The predicted octanol–water partition coefficient (Wildman–Crippen LogP) is 4.80. The predicted molar refractivity (Wildman–Crippen MR) is 160 cm³/mol. The number of amides is 3. The van der Waals surface area contributed by atoms with Gasteiger partial charge in [-0.2, -0.15) is 0 Å². The van der Waals surface area contributed by atoms with Gasteiger partial charge < -0.3 is 4.90 Å². The van der Waals surface area contributed by atoms with E-state index in [1.165, 1.54) is 17.7 Å². The van der Waals surface area contributed by atoms with Gasteiger partial charge in [-0.3, -0.25) is 29.5 Å². The van der Waals surface area contributed by atoms with Crippen molar-refractivity contribution in [3.05, 3.63) is 107 Å². The van der Waals surface area contributed by atoms with Gasteiger partial charge in [0, 0.05) is 56.2 Å². The Hall–Kier alpha value is -4.63. The normalized spacial score (nSPS) is 18.9. The number of hydrogen-bond acceptors (Lipinski definition) is 5. The summed E-state index contributed by atoms with van der Waals surface area (Å²) in [5.41, 5.74) is 5.17. The van der Waals surface area contributed by atoms with Crippen molar-refractivity contribution < 1.29 is 23.2 Å². The second kappa shape index (κ2) is 10.9. The van der Waals surface area contributed by atoms with Crippen molar-refractivity contribution in [3.8, 4) is 0 Å². The van der Waals surface area contributed by atoms with Crippen LogP contribution >= 0.6 is 0 Å². The van der Waals surface area contributed by atoms with Crippen LogP contribution in [0.5, 0.6) is 0 Å². The molecule has 218 valence electrons. The van der Waals surface area contributed by atoms with E-state index in [1.54, 1.807) is 11.0 Å². The fraction of sp³-hybridized carbons (Fsp3) is 0.265. The molecular weight excluding hydrogens is 550 g/mol. The van der Waals surface area contributed by atoms with E-state index in [9.17, 15) is 23.2 Å². The van der Waals surface area contributed by atoms with Gasteiger partial charge in [-0.25, -0.2) is 8.78 Å². The van der Waals surface area contributed by atoms with E-state index in [4.69, 9.17) is 0 Å². The van der Waals surface area contributed by atoms with E-state index < -0.39 is 23.6 Å². The van der Waals surface area contributed by atoms with Crippen LogP contribution in [0.2, 0.25) is 0 Å². The first kappa shape index (κ1) is 27.2. The average molecular weight is 581 g/mol. The fourth-order valence-corrected chi connectivity index (χ4v) is 6.58. The van der Waals surface area contributed by atoms with Crippen molar-refractivity contribution >= 4 is 39.9 Å². The molecule has 7 rings (SSSR count). The summed E-state index contributed by atoms with van der Waals surface area (Å²) in [6.07, 6.45) is 1.21. The van der Waals surface area contributed by atoms with Gasteiger partial charge in [0.25, 0.3) is 5.91 Å². The number of imide groups is 1. The number of rotatable bonds is 6. The van der Waals surface area contributed by atoms with Crippen molar-refractivity contribution in [1.29, 1.82) is 0 Å². The zero-order chi connectivity index (χ0) is 29.7. The number of benzene rings is 4. The van der Waals surface area contributed by atoms with Gasteiger partial charge in [0.2, 0.25) is 11.8 Å². The molecule has 43 heavy (non-hydrogen) atoms. The Morgan fingerprint density at radius 2 is 1.56 bits per heavy atom. The van der Waals surface area contributed by atoms with Crippen LogP contribution in [0.4, 0.5) is 20.2 Å². The van der Waals surface area contributed by atoms with Crippen molar-refractivity contribution in [3.63, 3.8) is 0 Å². The molecule has 7 nitrogen and oxygen atoms in total.